The average molecular weight is 281 g/mol. The summed E-state index contributed by atoms with van der Waals surface area (Å²) in [5.41, 5.74) is 3.59. The third kappa shape index (κ3) is 2.29. The Balaban J connectivity index is 2.03. The van der Waals surface area contributed by atoms with Crippen LogP contribution in [0.3, 0.4) is 0 Å². The van der Waals surface area contributed by atoms with Crippen LogP contribution in [0.15, 0.2) is 48.5 Å². The number of rotatable bonds is 3. The summed E-state index contributed by atoms with van der Waals surface area (Å²) < 4.78 is 5.09. The first-order chi connectivity index (χ1) is 10.2. The summed E-state index contributed by atoms with van der Waals surface area (Å²) in [5.74, 6) is -0.229. The maximum Gasteiger partial charge on any atom is 0.336 e. The van der Waals surface area contributed by atoms with Crippen LogP contribution < -0.4 is 5.32 Å². The molecule has 1 unspecified atom stereocenters. The van der Waals surface area contributed by atoms with Gasteiger partial charge in [0.1, 0.15) is 0 Å². The molecule has 0 spiro atoms. The standard InChI is InChI=1S/C18H19NO2/c1-13-7-9-15(10-8-13)19-18(17(20)21-2)12-11-14-5-3-4-6-16(14)18/h3-10,19H,11-12H2,1-2H3. The highest BCUT2D eigenvalue weighted by Crippen LogP contribution is 2.40. The maximum absolute atomic E-state index is 12.5. The van der Waals surface area contributed by atoms with Gasteiger partial charge in [-0.3, -0.25) is 0 Å². The van der Waals surface area contributed by atoms with Gasteiger partial charge in [0.15, 0.2) is 5.54 Å². The molecule has 2 aromatic carbocycles. The van der Waals surface area contributed by atoms with Crippen LogP contribution in [0.4, 0.5) is 5.69 Å². The van der Waals surface area contributed by atoms with E-state index in [1.54, 1.807) is 0 Å². The van der Waals surface area contributed by atoms with Crippen LogP contribution in [-0.2, 0) is 21.5 Å². The number of anilines is 1. The highest BCUT2D eigenvalue weighted by atomic mass is 16.5. The fraction of sp³-hybridized carbons (Fsp3) is 0.278. The molecule has 2 aromatic rings. The molecule has 108 valence electrons. The van der Waals surface area contributed by atoms with E-state index in [0.717, 1.165) is 17.7 Å². The number of carbonyl (C=O) groups is 1. The van der Waals surface area contributed by atoms with Crippen LogP contribution in [0.2, 0.25) is 0 Å². The minimum absolute atomic E-state index is 0.229. The molecule has 0 aromatic heterocycles. The minimum Gasteiger partial charge on any atom is -0.467 e. The largest absolute Gasteiger partial charge is 0.467 e. The van der Waals surface area contributed by atoms with E-state index in [-0.39, 0.29) is 5.97 Å². The highest BCUT2D eigenvalue weighted by molar-refractivity contribution is 5.87. The molecule has 3 heteroatoms. The van der Waals surface area contributed by atoms with Crippen molar-refractivity contribution in [1.82, 2.24) is 0 Å². The van der Waals surface area contributed by atoms with E-state index in [4.69, 9.17) is 4.74 Å². The summed E-state index contributed by atoms with van der Waals surface area (Å²) in [6.45, 7) is 2.05. The van der Waals surface area contributed by atoms with Gasteiger partial charge in [0.2, 0.25) is 0 Å². The lowest BCUT2D eigenvalue weighted by atomic mass is 9.91. The van der Waals surface area contributed by atoms with Crippen LogP contribution in [0.1, 0.15) is 23.1 Å². The van der Waals surface area contributed by atoms with Gasteiger partial charge < -0.3 is 10.1 Å². The molecule has 0 heterocycles. The third-order valence-electron chi connectivity index (χ3n) is 4.19. The maximum atomic E-state index is 12.5. The van der Waals surface area contributed by atoms with Crippen LogP contribution >= 0.6 is 0 Å². The Morgan fingerprint density at radius 1 is 1.14 bits per heavy atom. The summed E-state index contributed by atoms with van der Waals surface area (Å²) in [7, 11) is 1.45. The van der Waals surface area contributed by atoms with Crippen LogP contribution in [0, 0.1) is 6.92 Å². The number of esters is 1. The summed E-state index contributed by atoms with van der Waals surface area (Å²) in [6.07, 6.45) is 1.59. The fourth-order valence-electron chi connectivity index (χ4n) is 3.06. The Morgan fingerprint density at radius 2 is 1.86 bits per heavy atom. The molecule has 0 amide bonds. The molecule has 21 heavy (non-hydrogen) atoms. The van der Waals surface area contributed by atoms with Crippen molar-refractivity contribution in [2.45, 2.75) is 25.3 Å². The second kappa shape index (κ2) is 5.24. The molecule has 0 fully saturated rings. The number of ether oxygens (including phenoxy) is 1. The van der Waals surface area contributed by atoms with E-state index in [1.807, 2.05) is 49.4 Å². The van der Waals surface area contributed by atoms with Crippen molar-refractivity contribution < 1.29 is 9.53 Å². The van der Waals surface area contributed by atoms with Crippen molar-refractivity contribution in [2.24, 2.45) is 0 Å². The molecule has 1 atom stereocenters. The molecule has 3 nitrogen and oxygen atoms in total. The zero-order chi connectivity index (χ0) is 14.9. The first kappa shape index (κ1) is 13.7. The Kier molecular flexibility index (Phi) is 3.42. The lowest BCUT2D eigenvalue weighted by molar-refractivity contribution is -0.146. The van der Waals surface area contributed by atoms with E-state index in [1.165, 1.54) is 18.2 Å². The number of carbonyl (C=O) groups excluding carboxylic acids is 1. The Hall–Kier alpha value is -2.29. The Bertz CT molecular complexity index is 663. The predicted molar refractivity (Wildman–Crippen MR) is 83.3 cm³/mol. The molecule has 1 N–H and O–H groups in total. The van der Waals surface area contributed by atoms with Crippen molar-refractivity contribution in [3.8, 4) is 0 Å². The highest BCUT2D eigenvalue weighted by Gasteiger charge is 2.46. The van der Waals surface area contributed by atoms with Gasteiger partial charge in [-0.15, -0.1) is 0 Å². The molecular formula is C18H19NO2. The zero-order valence-corrected chi connectivity index (χ0v) is 12.3. The Morgan fingerprint density at radius 3 is 2.57 bits per heavy atom. The summed E-state index contributed by atoms with van der Waals surface area (Å²) in [6, 6.07) is 16.2. The second-order valence-electron chi connectivity index (χ2n) is 5.55. The summed E-state index contributed by atoms with van der Waals surface area (Å²) in [5, 5.41) is 3.41. The van der Waals surface area contributed by atoms with Crippen molar-refractivity contribution in [3.05, 3.63) is 65.2 Å². The van der Waals surface area contributed by atoms with Crippen LogP contribution in [0.25, 0.3) is 0 Å². The molecular weight excluding hydrogens is 262 g/mol. The topological polar surface area (TPSA) is 38.3 Å². The normalized spacial score (nSPS) is 19.9. The van der Waals surface area contributed by atoms with Gasteiger partial charge in [0, 0.05) is 5.69 Å². The average Bonchev–Trinajstić information content (AvgIpc) is 2.89. The molecule has 0 aliphatic heterocycles. The van der Waals surface area contributed by atoms with Crippen molar-refractivity contribution >= 4 is 11.7 Å². The first-order valence-corrected chi connectivity index (χ1v) is 7.17. The molecule has 1 aliphatic rings. The van der Waals surface area contributed by atoms with Gasteiger partial charge >= 0.3 is 5.97 Å². The van der Waals surface area contributed by atoms with Gasteiger partial charge in [0.25, 0.3) is 0 Å². The van der Waals surface area contributed by atoms with Gasteiger partial charge in [-0.25, -0.2) is 4.79 Å². The number of nitrogens with one attached hydrogen (secondary N) is 1. The van der Waals surface area contributed by atoms with E-state index < -0.39 is 5.54 Å². The SMILES string of the molecule is COC(=O)C1(Nc2ccc(C)cc2)CCc2ccccc21. The van der Waals surface area contributed by atoms with Crippen molar-refractivity contribution in [3.63, 3.8) is 0 Å². The molecule has 0 radical (unpaired) electrons. The number of aryl methyl sites for hydroxylation is 2. The molecule has 0 bridgehead atoms. The molecule has 0 saturated heterocycles. The van der Waals surface area contributed by atoms with Gasteiger partial charge in [-0.1, -0.05) is 42.0 Å². The monoisotopic (exact) mass is 281 g/mol. The quantitative estimate of drug-likeness (QED) is 0.876. The first-order valence-electron chi connectivity index (χ1n) is 7.17. The molecule has 1 aliphatic carbocycles. The van der Waals surface area contributed by atoms with Gasteiger partial charge in [-0.05, 0) is 43.0 Å². The fourth-order valence-corrected chi connectivity index (χ4v) is 3.06. The lowest BCUT2D eigenvalue weighted by Crippen LogP contribution is -2.42. The minimum atomic E-state index is -0.777. The molecule has 0 saturated carbocycles. The van der Waals surface area contributed by atoms with Gasteiger partial charge in [0.05, 0.1) is 7.11 Å². The van der Waals surface area contributed by atoms with E-state index in [9.17, 15) is 4.79 Å². The van der Waals surface area contributed by atoms with Crippen LogP contribution in [-0.4, -0.2) is 13.1 Å². The van der Waals surface area contributed by atoms with Crippen molar-refractivity contribution in [1.29, 1.82) is 0 Å². The number of fused-ring (bicyclic) bond motifs is 1. The predicted octanol–water partition coefficient (Wildman–Crippen LogP) is 3.42. The summed E-state index contributed by atoms with van der Waals surface area (Å²) >= 11 is 0. The van der Waals surface area contributed by atoms with Gasteiger partial charge in [-0.2, -0.15) is 0 Å². The summed E-state index contributed by atoms with van der Waals surface area (Å²) in [4.78, 5) is 12.5. The van der Waals surface area contributed by atoms with Crippen LogP contribution in [0.5, 0.6) is 0 Å². The van der Waals surface area contributed by atoms with E-state index >= 15 is 0 Å². The van der Waals surface area contributed by atoms with E-state index in [2.05, 4.69) is 11.4 Å². The number of methoxy groups -OCH3 is 1. The second-order valence-corrected chi connectivity index (χ2v) is 5.55. The lowest BCUT2D eigenvalue weighted by Gasteiger charge is -2.30. The molecule has 3 rings (SSSR count). The Labute approximate surface area is 124 Å². The number of benzene rings is 2. The third-order valence-corrected chi connectivity index (χ3v) is 4.19. The number of hydrogen-bond acceptors (Lipinski definition) is 3. The van der Waals surface area contributed by atoms with E-state index in [0.29, 0.717) is 6.42 Å². The smallest absolute Gasteiger partial charge is 0.336 e. The van der Waals surface area contributed by atoms with Crippen molar-refractivity contribution in [2.75, 3.05) is 12.4 Å². The zero-order valence-electron chi connectivity index (χ0n) is 12.3. The number of hydrogen-bond donors (Lipinski definition) is 1.